The Morgan fingerprint density at radius 2 is 1.87 bits per heavy atom. The molecule has 0 bridgehead atoms. The molecule has 4 atom stereocenters. The van der Waals surface area contributed by atoms with Gasteiger partial charge in [-0.1, -0.05) is 18.1 Å². The maximum absolute atomic E-state index is 5.79. The second-order valence-electron chi connectivity index (χ2n) is 7.76. The monoisotopic (exact) mass is 312 g/mol. The normalized spacial score (nSPS) is 32.2. The van der Waals surface area contributed by atoms with Crippen LogP contribution in [-0.2, 0) is 6.42 Å². The van der Waals surface area contributed by atoms with Crippen molar-refractivity contribution < 1.29 is 9.47 Å². The summed E-state index contributed by atoms with van der Waals surface area (Å²) in [5.41, 5.74) is 6.43. The highest BCUT2D eigenvalue weighted by atomic mass is 16.5. The van der Waals surface area contributed by atoms with Gasteiger partial charge in [-0.2, -0.15) is 0 Å². The summed E-state index contributed by atoms with van der Waals surface area (Å²) >= 11 is 0. The lowest BCUT2D eigenvalue weighted by atomic mass is 9.58. The average Bonchev–Trinajstić information content (AvgIpc) is 2.94. The molecule has 1 aromatic rings. The van der Waals surface area contributed by atoms with Gasteiger partial charge in [0.05, 0.1) is 14.2 Å². The van der Waals surface area contributed by atoms with Gasteiger partial charge < -0.3 is 9.47 Å². The van der Waals surface area contributed by atoms with Crippen molar-refractivity contribution in [3.05, 3.63) is 34.4 Å². The molecule has 0 saturated heterocycles. The van der Waals surface area contributed by atoms with Crippen molar-refractivity contribution in [3.8, 4) is 11.5 Å². The minimum absolute atomic E-state index is 0.652. The Hall–Kier alpha value is -1.44. The highest BCUT2D eigenvalue weighted by Gasteiger charge is 2.46. The van der Waals surface area contributed by atoms with Crippen LogP contribution in [0.3, 0.4) is 0 Å². The Morgan fingerprint density at radius 1 is 1.04 bits per heavy atom. The number of fused-ring (bicyclic) bond motifs is 5. The van der Waals surface area contributed by atoms with Gasteiger partial charge in [0.25, 0.3) is 0 Å². The SMILES string of the molecule is COc1cc2c(c(OC)c1)[C@@H]1[C@H](CC2)[C@@H]2CCC(C)=C2C[C@H]1C. The molecule has 3 aliphatic carbocycles. The van der Waals surface area contributed by atoms with E-state index < -0.39 is 0 Å². The molecule has 124 valence electrons. The first-order valence-electron chi connectivity index (χ1n) is 9.07. The molecule has 1 saturated carbocycles. The van der Waals surface area contributed by atoms with E-state index in [1.807, 2.05) is 0 Å². The first-order valence-corrected chi connectivity index (χ1v) is 9.07. The topological polar surface area (TPSA) is 18.5 Å². The van der Waals surface area contributed by atoms with E-state index >= 15 is 0 Å². The molecule has 2 heteroatoms. The van der Waals surface area contributed by atoms with Crippen LogP contribution in [0.2, 0.25) is 0 Å². The van der Waals surface area contributed by atoms with Gasteiger partial charge in [0.15, 0.2) is 0 Å². The number of ether oxygens (including phenoxy) is 2. The molecule has 0 amide bonds. The quantitative estimate of drug-likeness (QED) is 0.706. The van der Waals surface area contributed by atoms with Crippen LogP contribution in [0, 0.1) is 17.8 Å². The van der Waals surface area contributed by atoms with Crippen molar-refractivity contribution in [3.63, 3.8) is 0 Å². The van der Waals surface area contributed by atoms with E-state index in [1.165, 1.54) is 43.2 Å². The first kappa shape index (κ1) is 15.1. The van der Waals surface area contributed by atoms with Crippen LogP contribution in [0.15, 0.2) is 23.3 Å². The van der Waals surface area contributed by atoms with Crippen molar-refractivity contribution in [2.45, 2.75) is 51.9 Å². The van der Waals surface area contributed by atoms with Crippen molar-refractivity contribution in [1.29, 1.82) is 0 Å². The number of hydrogen-bond donors (Lipinski definition) is 0. The fraction of sp³-hybridized carbons (Fsp3) is 0.619. The summed E-state index contributed by atoms with van der Waals surface area (Å²) < 4.78 is 11.3. The summed E-state index contributed by atoms with van der Waals surface area (Å²) in [6.45, 7) is 4.82. The molecular formula is C21H28O2. The van der Waals surface area contributed by atoms with Gasteiger partial charge in [-0.25, -0.2) is 0 Å². The minimum atomic E-state index is 0.652. The number of hydrogen-bond acceptors (Lipinski definition) is 2. The number of methoxy groups -OCH3 is 2. The van der Waals surface area contributed by atoms with Gasteiger partial charge >= 0.3 is 0 Å². The molecule has 0 aliphatic heterocycles. The summed E-state index contributed by atoms with van der Waals surface area (Å²) in [4.78, 5) is 0. The Labute approximate surface area is 139 Å². The third-order valence-electron chi connectivity index (χ3n) is 6.70. The molecule has 0 spiro atoms. The van der Waals surface area contributed by atoms with E-state index in [0.717, 1.165) is 23.3 Å². The molecule has 0 radical (unpaired) electrons. The Balaban J connectivity index is 1.81. The molecule has 0 N–H and O–H groups in total. The van der Waals surface area contributed by atoms with Crippen LogP contribution in [-0.4, -0.2) is 14.2 Å². The highest BCUT2D eigenvalue weighted by Crippen LogP contribution is 2.58. The zero-order valence-corrected chi connectivity index (χ0v) is 14.8. The van der Waals surface area contributed by atoms with E-state index in [-0.39, 0.29) is 0 Å². The van der Waals surface area contributed by atoms with Crippen LogP contribution in [0.25, 0.3) is 0 Å². The fourth-order valence-corrected chi connectivity index (χ4v) is 5.70. The number of rotatable bonds is 2. The third kappa shape index (κ3) is 2.21. The molecule has 0 aromatic heterocycles. The first-order chi connectivity index (χ1) is 11.1. The number of aryl methyl sites for hydroxylation is 1. The molecular weight excluding hydrogens is 284 g/mol. The molecule has 3 aliphatic rings. The standard InChI is InChI=1S/C21H28O2/c1-12-5-7-16-17-8-6-14-10-15(22-3)11-19(23-4)21(14)20(17)13(2)9-18(12)16/h10-11,13,16-17,20H,5-9H2,1-4H3/t13-,16+,17-,20+/m1/s1. The molecule has 2 nitrogen and oxygen atoms in total. The summed E-state index contributed by atoms with van der Waals surface area (Å²) in [6.07, 6.45) is 6.47. The van der Waals surface area contributed by atoms with Gasteiger partial charge in [-0.15, -0.1) is 0 Å². The largest absolute Gasteiger partial charge is 0.497 e. The molecule has 0 unspecified atom stereocenters. The van der Waals surface area contributed by atoms with E-state index in [1.54, 1.807) is 25.4 Å². The third-order valence-corrected chi connectivity index (χ3v) is 6.70. The minimum Gasteiger partial charge on any atom is -0.497 e. The molecule has 4 rings (SSSR count). The van der Waals surface area contributed by atoms with E-state index in [0.29, 0.717) is 11.8 Å². The van der Waals surface area contributed by atoms with Crippen LogP contribution < -0.4 is 9.47 Å². The lowest BCUT2D eigenvalue weighted by Crippen LogP contribution is -2.36. The van der Waals surface area contributed by atoms with Crippen molar-refractivity contribution >= 4 is 0 Å². The lowest BCUT2D eigenvalue weighted by Gasteiger charge is -2.46. The second-order valence-corrected chi connectivity index (χ2v) is 7.76. The maximum Gasteiger partial charge on any atom is 0.126 e. The van der Waals surface area contributed by atoms with Crippen molar-refractivity contribution in [2.24, 2.45) is 17.8 Å². The predicted molar refractivity (Wildman–Crippen MR) is 93.3 cm³/mol. The van der Waals surface area contributed by atoms with Crippen LogP contribution in [0.4, 0.5) is 0 Å². The van der Waals surface area contributed by atoms with Crippen LogP contribution in [0.1, 0.15) is 56.6 Å². The van der Waals surface area contributed by atoms with E-state index in [2.05, 4.69) is 26.0 Å². The summed E-state index contributed by atoms with van der Waals surface area (Å²) in [7, 11) is 3.55. The summed E-state index contributed by atoms with van der Waals surface area (Å²) in [6, 6.07) is 4.32. The molecule has 1 aromatic carbocycles. The fourth-order valence-electron chi connectivity index (χ4n) is 5.70. The number of allylic oxidation sites excluding steroid dienone is 2. The molecule has 0 heterocycles. The van der Waals surface area contributed by atoms with Gasteiger partial charge in [0, 0.05) is 11.6 Å². The Bertz CT molecular complexity index is 641. The van der Waals surface area contributed by atoms with Gasteiger partial charge in [-0.05, 0) is 74.3 Å². The van der Waals surface area contributed by atoms with Gasteiger partial charge in [0.2, 0.25) is 0 Å². The summed E-state index contributed by atoms with van der Waals surface area (Å²) in [5.74, 6) is 4.97. The van der Waals surface area contributed by atoms with E-state index in [9.17, 15) is 0 Å². The van der Waals surface area contributed by atoms with E-state index in [4.69, 9.17) is 9.47 Å². The van der Waals surface area contributed by atoms with Crippen LogP contribution >= 0.6 is 0 Å². The van der Waals surface area contributed by atoms with Gasteiger partial charge in [-0.3, -0.25) is 0 Å². The zero-order valence-electron chi connectivity index (χ0n) is 14.8. The van der Waals surface area contributed by atoms with Gasteiger partial charge in [0.1, 0.15) is 11.5 Å². The Kier molecular flexibility index (Phi) is 3.66. The molecule has 23 heavy (non-hydrogen) atoms. The highest BCUT2D eigenvalue weighted by molar-refractivity contribution is 5.51. The average molecular weight is 312 g/mol. The van der Waals surface area contributed by atoms with Crippen LogP contribution in [0.5, 0.6) is 11.5 Å². The predicted octanol–water partition coefficient (Wildman–Crippen LogP) is 5.12. The zero-order chi connectivity index (χ0) is 16.1. The summed E-state index contributed by atoms with van der Waals surface area (Å²) in [5, 5.41) is 0. The molecule has 1 fully saturated rings. The van der Waals surface area contributed by atoms with Crippen molar-refractivity contribution in [1.82, 2.24) is 0 Å². The second kappa shape index (κ2) is 5.58. The lowest BCUT2D eigenvalue weighted by molar-refractivity contribution is 0.180. The maximum atomic E-state index is 5.79. The number of benzene rings is 1. The van der Waals surface area contributed by atoms with Crippen molar-refractivity contribution in [2.75, 3.05) is 14.2 Å². The smallest absolute Gasteiger partial charge is 0.126 e. The Morgan fingerprint density at radius 3 is 2.61 bits per heavy atom.